The van der Waals surface area contributed by atoms with Crippen molar-refractivity contribution in [1.29, 1.82) is 0 Å². The van der Waals surface area contributed by atoms with E-state index < -0.39 is 0 Å². The second-order valence-corrected chi connectivity index (χ2v) is 9.48. The number of hydrogen-bond donors (Lipinski definition) is 1. The van der Waals surface area contributed by atoms with Gasteiger partial charge in [-0.2, -0.15) is 5.10 Å². The molecule has 1 aliphatic rings. The summed E-state index contributed by atoms with van der Waals surface area (Å²) in [5.74, 6) is 3.44. The maximum Gasteiger partial charge on any atom is 0.277 e. The molecule has 8 heteroatoms. The number of carbonyl (C=O) groups is 1. The van der Waals surface area contributed by atoms with Crippen molar-refractivity contribution in [1.82, 2.24) is 5.43 Å². The number of benzene rings is 2. The largest absolute Gasteiger partial charge is 0.493 e. The Hall–Kier alpha value is -1.64. The van der Waals surface area contributed by atoms with Crippen molar-refractivity contribution in [3.05, 3.63) is 58.1 Å². The quantitative estimate of drug-likeness (QED) is 0.431. The smallest absolute Gasteiger partial charge is 0.277 e. The van der Waals surface area contributed by atoms with Crippen molar-refractivity contribution in [3.8, 4) is 11.5 Å². The van der Waals surface area contributed by atoms with Crippen molar-refractivity contribution < 1.29 is 14.3 Å². The number of rotatable bonds is 8. The van der Waals surface area contributed by atoms with Gasteiger partial charge in [0.05, 0.1) is 17.4 Å². The first-order valence-corrected chi connectivity index (χ1v) is 11.7. The minimum Gasteiger partial charge on any atom is -0.493 e. The monoisotopic (exact) mass is 480 g/mol. The van der Waals surface area contributed by atoms with Gasteiger partial charge in [0.1, 0.15) is 11.5 Å². The second kappa shape index (κ2) is 10.8. The van der Waals surface area contributed by atoms with Crippen molar-refractivity contribution in [2.45, 2.75) is 11.5 Å². The average Bonchev–Trinajstić information content (AvgIpc) is 3.24. The molecular formula is C20H21BrN2O3S2. The first-order chi connectivity index (χ1) is 13.7. The first-order valence-electron chi connectivity index (χ1n) is 8.86. The van der Waals surface area contributed by atoms with E-state index in [1.54, 1.807) is 6.21 Å². The molecule has 2 aromatic carbocycles. The minimum absolute atomic E-state index is 0.0968. The first kappa shape index (κ1) is 21.1. The summed E-state index contributed by atoms with van der Waals surface area (Å²) >= 11 is 7.34. The molecule has 2 aromatic rings. The van der Waals surface area contributed by atoms with Crippen LogP contribution in [0.2, 0.25) is 0 Å². The summed E-state index contributed by atoms with van der Waals surface area (Å²) in [6.07, 6.45) is 1.55. The van der Waals surface area contributed by atoms with Crippen LogP contribution in [0.1, 0.15) is 22.6 Å². The van der Waals surface area contributed by atoms with Gasteiger partial charge in [-0.05, 0) is 42.8 Å². The number of ether oxygens (including phenoxy) is 2. The van der Waals surface area contributed by atoms with E-state index in [-0.39, 0.29) is 12.5 Å². The highest BCUT2D eigenvalue weighted by Gasteiger charge is 2.17. The highest BCUT2D eigenvalue weighted by atomic mass is 79.9. The van der Waals surface area contributed by atoms with Gasteiger partial charge >= 0.3 is 0 Å². The maximum absolute atomic E-state index is 12.0. The molecule has 5 nitrogen and oxygen atoms in total. The summed E-state index contributed by atoms with van der Waals surface area (Å²) in [5, 5.41) is 3.99. The maximum atomic E-state index is 12.0. The fourth-order valence-electron chi connectivity index (χ4n) is 2.53. The third-order valence-electron chi connectivity index (χ3n) is 3.81. The predicted molar refractivity (Wildman–Crippen MR) is 121 cm³/mol. The molecular weight excluding hydrogens is 460 g/mol. The van der Waals surface area contributed by atoms with Crippen LogP contribution in [-0.2, 0) is 4.79 Å². The predicted octanol–water partition coefficient (Wildman–Crippen LogP) is 4.86. The van der Waals surface area contributed by atoms with Crippen LogP contribution in [0.15, 0.2) is 52.0 Å². The van der Waals surface area contributed by atoms with Crippen LogP contribution in [-0.4, -0.2) is 36.8 Å². The van der Waals surface area contributed by atoms with Gasteiger partial charge in [-0.25, -0.2) is 5.43 Å². The van der Waals surface area contributed by atoms with Crippen LogP contribution in [0, 0.1) is 0 Å². The number of hydrazone groups is 1. The number of amides is 1. The molecule has 1 heterocycles. The van der Waals surface area contributed by atoms with E-state index in [0.717, 1.165) is 10.0 Å². The van der Waals surface area contributed by atoms with Crippen LogP contribution in [0.3, 0.4) is 0 Å². The van der Waals surface area contributed by atoms with E-state index in [1.165, 1.54) is 17.1 Å². The summed E-state index contributed by atoms with van der Waals surface area (Å²) in [4.78, 5) is 12.0. The molecule has 28 heavy (non-hydrogen) atoms. The van der Waals surface area contributed by atoms with Gasteiger partial charge in [0.25, 0.3) is 5.91 Å². The van der Waals surface area contributed by atoms with E-state index in [2.05, 4.69) is 38.6 Å². The summed E-state index contributed by atoms with van der Waals surface area (Å²) in [6.45, 7) is 2.38. The number of nitrogens with one attached hydrogen (secondary N) is 1. The molecule has 0 saturated carbocycles. The van der Waals surface area contributed by atoms with Crippen LogP contribution >= 0.6 is 39.5 Å². The lowest BCUT2D eigenvalue weighted by atomic mass is 10.2. The molecule has 1 aliphatic heterocycles. The Kier molecular flexibility index (Phi) is 8.12. The Bertz CT molecular complexity index is 825. The normalized spacial score (nSPS) is 14.4. The Balaban J connectivity index is 1.48. The fourth-order valence-corrected chi connectivity index (χ4v) is 5.77. The Morgan fingerprint density at radius 3 is 2.68 bits per heavy atom. The number of thioether (sulfide) groups is 2. The van der Waals surface area contributed by atoms with Crippen molar-refractivity contribution in [2.75, 3.05) is 24.7 Å². The summed E-state index contributed by atoms with van der Waals surface area (Å²) in [7, 11) is 0. The average molecular weight is 481 g/mol. The zero-order valence-electron chi connectivity index (χ0n) is 15.4. The molecule has 0 aliphatic carbocycles. The third-order valence-corrected chi connectivity index (χ3v) is 7.41. The Morgan fingerprint density at radius 2 is 1.96 bits per heavy atom. The molecule has 3 rings (SSSR count). The summed E-state index contributed by atoms with van der Waals surface area (Å²) in [6, 6.07) is 13.5. The van der Waals surface area contributed by atoms with E-state index in [0.29, 0.717) is 22.7 Å². The standard InChI is InChI=1S/C20H21BrN2O3S2/c1-2-25-18-8-5-16(21)11-15(18)12-22-23-19(24)13-26-17-6-3-14(4-7-17)20-27-9-10-28-20/h3-8,11-12,20H,2,9-10,13H2,1H3,(H,23,24)/b22-12-. The summed E-state index contributed by atoms with van der Waals surface area (Å²) in [5.41, 5.74) is 4.53. The highest BCUT2D eigenvalue weighted by Crippen LogP contribution is 2.45. The second-order valence-electron chi connectivity index (χ2n) is 5.84. The molecule has 1 N–H and O–H groups in total. The number of carbonyl (C=O) groups excluding carboxylic acids is 1. The molecule has 0 radical (unpaired) electrons. The Morgan fingerprint density at radius 1 is 1.21 bits per heavy atom. The van der Waals surface area contributed by atoms with Crippen molar-refractivity contribution in [3.63, 3.8) is 0 Å². The highest BCUT2D eigenvalue weighted by molar-refractivity contribution is 9.10. The van der Waals surface area contributed by atoms with Crippen LogP contribution in [0.25, 0.3) is 0 Å². The van der Waals surface area contributed by atoms with Gasteiger partial charge in [0, 0.05) is 21.5 Å². The van der Waals surface area contributed by atoms with E-state index >= 15 is 0 Å². The van der Waals surface area contributed by atoms with Crippen LogP contribution in [0.5, 0.6) is 11.5 Å². The van der Waals surface area contributed by atoms with Gasteiger partial charge in [0.2, 0.25) is 0 Å². The zero-order chi connectivity index (χ0) is 19.8. The molecule has 1 fully saturated rings. The van der Waals surface area contributed by atoms with Crippen LogP contribution in [0.4, 0.5) is 0 Å². The molecule has 1 saturated heterocycles. The minimum atomic E-state index is -0.324. The molecule has 0 spiro atoms. The summed E-state index contributed by atoms with van der Waals surface area (Å²) < 4.78 is 12.5. The Labute approximate surface area is 181 Å². The van der Waals surface area contributed by atoms with Gasteiger partial charge in [0.15, 0.2) is 6.61 Å². The molecule has 1 amide bonds. The van der Waals surface area contributed by atoms with Gasteiger partial charge < -0.3 is 9.47 Å². The lowest BCUT2D eigenvalue weighted by Gasteiger charge is -2.10. The van der Waals surface area contributed by atoms with E-state index in [4.69, 9.17) is 9.47 Å². The number of hydrogen-bond acceptors (Lipinski definition) is 6. The van der Waals surface area contributed by atoms with Gasteiger partial charge in [-0.3, -0.25) is 4.79 Å². The molecule has 148 valence electrons. The van der Waals surface area contributed by atoms with E-state index in [1.807, 2.05) is 60.8 Å². The van der Waals surface area contributed by atoms with Gasteiger partial charge in [-0.15, -0.1) is 23.5 Å². The van der Waals surface area contributed by atoms with Crippen molar-refractivity contribution in [2.24, 2.45) is 5.10 Å². The van der Waals surface area contributed by atoms with Crippen LogP contribution < -0.4 is 14.9 Å². The fraction of sp³-hybridized carbons (Fsp3) is 0.300. The van der Waals surface area contributed by atoms with Crippen molar-refractivity contribution >= 4 is 51.6 Å². The molecule has 0 aromatic heterocycles. The lowest BCUT2D eigenvalue weighted by molar-refractivity contribution is -0.123. The zero-order valence-corrected chi connectivity index (χ0v) is 18.6. The molecule has 0 unspecified atom stereocenters. The molecule has 0 atom stereocenters. The van der Waals surface area contributed by atoms with Gasteiger partial charge in [-0.1, -0.05) is 28.1 Å². The number of halogens is 1. The topological polar surface area (TPSA) is 59.9 Å². The molecule has 0 bridgehead atoms. The SMILES string of the molecule is CCOc1ccc(Br)cc1/C=N\NC(=O)COc1ccc(C2SCCS2)cc1. The van der Waals surface area contributed by atoms with E-state index in [9.17, 15) is 4.79 Å². The number of nitrogens with zero attached hydrogens (tertiary/aromatic N) is 1. The lowest BCUT2D eigenvalue weighted by Crippen LogP contribution is -2.24. The third kappa shape index (κ3) is 6.18.